The number of hydrogen-bond donors (Lipinski definition) is 2. The second-order valence-corrected chi connectivity index (χ2v) is 3.59. The Bertz CT molecular complexity index is 224. The van der Waals surface area contributed by atoms with Gasteiger partial charge in [0.05, 0.1) is 12.0 Å². The van der Waals surface area contributed by atoms with Crippen molar-refractivity contribution in [3.05, 3.63) is 0 Å². The molecule has 1 rings (SSSR count). The van der Waals surface area contributed by atoms with E-state index in [1.807, 2.05) is 0 Å². The van der Waals surface area contributed by atoms with E-state index in [2.05, 4.69) is 11.2 Å². The van der Waals surface area contributed by atoms with Gasteiger partial charge in [-0.2, -0.15) is 0 Å². The van der Waals surface area contributed by atoms with Gasteiger partial charge in [0.15, 0.2) is 0 Å². The van der Waals surface area contributed by atoms with E-state index in [1.165, 1.54) is 0 Å². The van der Waals surface area contributed by atoms with Crippen molar-refractivity contribution >= 4 is 5.91 Å². The van der Waals surface area contributed by atoms with Crippen LogP contribution < -0.4 is 5.32 Å². The van der Waals surface area contributed by atoms with Crippen LogP contribution in [-0.2, 0) is 4.79 Å². The molecule has 0 unspecified atom stereocenters. The molecule has 0 radical (unpaired) electrons. The molecule has 13 heavy (non-hydrogen) atoms. The molecular weight excluding hydrogens is 166 g/mol. The van der Waals surface area contributed by atoms with Gasteiger partial charge in [0.1, 0.15) is 0 Å². The van der Waals surface area contributed by atoms with Crippen molar-refractivity contribution in [2.75, 3.05) is 6.54 Å². The molecule has 1 fully saturated rings. The number of rotatable bonds is 3. The van der Waals surface area contributed by atoms with Gasteiger partial charge in [-0.1, -0.05) is 18.8 Å². The Balaban J connectivity index is 2.25. The number of amides is 1. The van der Waals surface area contributed by atoms with Crippen molar-refractivity contribution in [3.8, 4) is 12.3 Å². The van der Waals surface area contributed by atoms with Crippen molar-refractivity contribution in [3.63, 3.8) is 0 Å². The molecule has 1 aliphatic carbocycles. The fourth-order valence-electron chi connectivity index (χ4n) is 1.63. The van der Waals surface area contributed by atoms with Gasteiger partial charge in [-0.25, -0.2) is 0 Å². The minimum atomic E-state index is -0.676. The average Bonchev–Trinajstić information content (AvgIpc) is 2.51. The molecule has 0 aliphatic heterocycles. The van der Waals surface area contributed by atoms with Gasteiger partial charge in [-0.05, 0) is 12.8 Å². The summed E-state index contributed by atoms with van der Waals surface area (Å²) in [4.78, 5) is 11.0. The van der Waals surface area contributed by atoms with E-state index in [1.54, 1.807) is 0 Å². The van der Waals surface area contributed by atoms with Crippen LogP contribution in [-0.4, -0.2) is 23.2 Å². The van der Waals surface area contributed by atoms with Crippen LogP contribution in [0.5, 0.6) is 0 Å². The van der Waals surface area contributed by atoms with Gasteiger partial charge in [-0.3, -0.25) is 4.79 Å². The number of aliphatic hydroxyl groups is 1. The quantitative estimate of drug-likeness (QED) is 0.620. The summed E-state index contributed by atoms with van der Waals surface area (Å²) in [7, 11) is 0. The number of nitrogens with one attached hydrogen (secondary N) is 1. The maximum Gasteiger partial charge on any atom is 0.232 e. The Kier molecular flexibility index (Phi) is 3.32. The van der Waals surface area contributed by atoms with E-state index in [-0.39, 0.29) is 12.3 Å². The first-order valence-electron chi connectivity index (χ1n) is 4.59. The third-order valence-electron chi connectivity index (χ3n) is 2.41. The molecule has 0 saturated heterocycles. The minimum absolute atomic E-state index is 0.0933. The summed E-state index contributed by atoms with van der Waals surface area (Å²) in [5, 5.41) is 12.5. The van der Waals surface area contributed by atoms with Crippen LogP contribution in [0, 0.1) is 12.3 Å². The largest absolute Gasteiger partial charge is 0.388 e. The highest BCUT2D eigenvalue weighted by Crippen LogP contribution is 2.28. The Morgan fingerprint density at radius 1 is 1.54 bits per heavy atom. The Morgan fingerprint density at radius 2 is 2.15 bits per heavy atom. The van der Waals surface area contributed by atoms with Crippen LogP contribution in [0.3, 0.4) is 0 Å². The highest BCUT2D eigenvalue weighted by atomic mass is 16.3. The van der Waals surface area contributed by atoms with Gasteiger partial charge in [-0.15, -0.1) is 6.42 Å². The molecule has 72 valence electrons. The fraction of sp³-hybridized carbons (Fsp3) is 0.700. The fourth-order valence-corrected chi connectivity index (χ4v) is 1.63. The number of hydrogen-bond acceptors (Lipinski definition) is 2. The predicted molar refractivity (Wildman–Crippen MR) is 49.9 cm³/mol. The first kappa shape index (κ1) is 10.1. The van der Waals surface area contributed by atoms with Gasteiger partial charge in [0, 0.05) is 6.54 Å². The monoisotopic (exact) mass is 181 g/mol. The highest BCUT2D eigenvalue weighted by Gasteiger charge is 2.30. The molecule has 1 amide bonds. The Morgan fingerprint density at radius 3 is 2.69 bits per heavy atom. The zero-order valence-corrected chi connectivity index (χ0v) is 7.68. The molecule has 2 N–H and O–H groups in total. The molecule has 0 aromatic heterocycles. The maximum atomic E-state index is 11.0. The molecule has 0 aromatic rings. The topological polar surface area (TPSA) is 49.3 Å². The van der Waals surface area contributed by atoms with Crippen LogP contribution in [0.15, 0.2) is 0 Å². The molecule has 3 nitrogen and oxygen atoms in total. The van der Waals surface area contributed by atoms with Crippen molar-refractivity contribution in [1.29, 1.82) is 0 Å². The summed E-state index contributed by atoms with van der Waals surface area (Å²) in [6.45, 7) is 0.341. The molecule has 0 bridgehead atoms. The van der Waals surface area contributed by atoms with Gasteiger partial charge in [0.25, 0.3) is 0 Å². The Hall–Kier alpha value is -1.01. The molecule has 0 heterocycles. The molecule has 0 atom stereocenters. The molecular formula is C10H15NO2. The van der Waals surface area contributed by atoms with Crippen molar-refractivity contribution < 1.29 is 9.90 Å². The van der Waals surface area contributed by atoms with E-state index in [4.69, 9.17) is 6.42 Å². The third-order valence-corrected chi connectivity index (χ3v) is 2.41. The van der Waals surface area contributed by atoms with Crippen LogP contribution in [0.2, 0.25) is 0 Å². The first-order chi connectivity index (χ1) is 6.16. The SMILES string of the molecule is C#CCC(=O)NCC1(O)CCCC1. The first-order valence-corrected chi connectivity index (χ1v) is 4.59. The standard InChI is InChI=1S/C10H15NO2/c1-2-5-9(12)11-8-10(13)6-3-4-7-10/h1,13H,3-8H2,(H,11,12). The van der Waals surface area contributed by atoms with E-state index in [0.29, 0.717) is 6.54 Å². The van der Waals surface area contributed by atoms with Crippen LogP contribution >= 0.6 is 0 Å². The normalized spacial score (nSPS) is 19.4. The molecule has 0 aromatic carbocycles. The Labute approximate surface area is 78.5 Å². The van der Waals surface area contributed by atoms with Gasteiger partial charge < -0.3 is 10.4 Å². The summed E-state index contributed by atoms with van der Waals surface area (Å²) in [5.41, 5.74) is -0.676. The van der Waals surface area contributed by atoms with Crippen LogP contribution in [0.4, 0.5) is 0 Å². The third kappa shape index (κ3) is 3.08. The summed E-state index contributed by atoms with van der Waals surface area (Å²) < 4.78 is 0. The lowest BCUT2D eigenvalue weighted by molar-refractivity contribution is -0.121. The molecule has 0 spiro atoms. The molecule has 1 saturated carbocycles. The summed E-state index contributed by atoms with van der Waals surface area (Å²) >= 11 is 0. The van der Waals surface area contributed by atoms with E-state index in [0.717, 1.165) is 25.7 Å². The molecule has 1 aliphatic rings. The lowest BCUT2D eigenvalue weighted by atomic mass is 10.0. The van der Waals surface area contributed by atoms with Crippen molar-refractivity contribution in [1.82, 2.24) is 5.32 Å². The summed E-state index contributed by atoms with van der Waals surface area (Å²) in [6, 6.07) is 0. The van der Waals surface area contributed by atoms with Crippen LogP contribution in [0.25, 0.3) is 0 Å². The van der Waals surface area contributed by atoms with Crippen LogP contribution in [0.1, 0.15) is 32.1 Å². The maximum absolute atomic E-state index is 11.0. The van der Waals surface area contributed by atoms with E-state index < -0.39 is 5.60 Å². The second kappa shape index (κ2) is 4.29. The zero-order valence-electron chi connectivity index (χ0n) is 7.68. The highest BCUT2D eigenvalue weighted by molar-refractivity contribution is 5.78. The zero-order chi connectivity index (χ0) is 9.73. The van der Waals surface area contributed by atoms with Crippen molar-refractivity contribution in [2.45, 2.75) is 37.7 Å². The van der Waals surface area contributed by atoms with E-state index in [9.17, 15) is 9.90 Å². The average molecular weight is 181 g/mol. The number of carbonyl (C=O) groups excluding carboxylic acids is 1. The lowest BCUT2D eigenvalue weighted by Gasteiger charge is -2.21. The van der Waals surface area contributed by atoms with E-state index >= 15 is 0 Å². The summed E-state index contributed by atoms with van der Waals surface area (Å²) in [6.07, 6.45) is 8.71. The minimum Gasteiger partial charge on any atom is -0.388 e. The summed E-state index contributed by atoms with van der Waals surface area (Å²) in [5.74, 6) is 2.08. The smallest absolute Gasteiger partial charge is 0.232 e. The van der Waals surface area contributed by atoms with Gasteiger partial charge >= 0.3 is 0 Å². The second-order valence-electron chi connectivity index (χ2n) is 3.59. The van der Waals surface area contributed by atoms with Crippen molar-refractivity contribution in [2.24, 2.45) is 0 Å². The van der Waals surface area contributed by atoms with Gasteiger partial charge in [0.2, 0.25) is 5.91 Å². The number of terminal acetylenes is 1. The number of carbonyl (C=O) groups is 1. The molecule has 3 heteroatoms. The predicted octanol–water partition coefficient (Wildman–Crippen LogP) is 0.431. The lowest BCUT2D eigenvalue weighted by Crippen LogP contribution is -2.40.